The van der Waals surface area contributed by atoms with Crippen LogP contribution in [0.5, 0.6) is 0 Å². The number of rotatable bonds is 2. The zero-order valence-corrected chi connectivity index (χ0v) is 6.67. The number of carbonyl (C=O) groups is 1. The maximum absolute atomic E-state index is 11.1. The Hall–Kier alpha value is -0.610. The smallest absolute Gasteiger partial charge is 0.271 e. The molecule has 0 aliphatic carbocycles. The largest absolute Gasteiger partial charge is 0.366 e. The van der Waals surface area contributed by atoms with Crippen LogP contribution in [0.1, 0.15) is 6.92 Å². The minimum Gasteiger partial charge on any atom is -0.366 e. The maximum atomic E-state index is 11.1. The van der Waals surface area contributed by atoms with Gasteiger partial charge in [0.2, 0.25) is 0 Å². The number of hydrogen-bond donors (Lipinski definition) is 1. The van der Waals surface area contributed by atoms with Crippen LogP contribution in [-0.4, -0.2) is 38.3 Å². The zero-order valence-electron chi connectivity index (χ0n) is 6.67. The number of hydrogen-bond acceptors (Lipinski definition) is 3. The quantitative estimate of drug-likeness (QED) is 0.566. The molecule has 0 saturated carbocycles. The predicted molar refractivity (Wildman–Crippen MR) is 40.3 cm³/mol. The molecular formula is C7H13N2O2. The minimum atomic E-state index is -0.344. The first-order valence-corrected chi connectivity index (χ1v) is 3.88. The molecule has 0 aromatic rings. The number of amides is 1. The van der Waals surface area contributed by atoms with Gasteiger partial charge >= 0.3 is 0 Å². The minimum absolute atomic E-state index is 0.139. The summed E-state index contributed by atoms with van der Waals surface area (Å²) in [4.78, 5) is 11.1. The molecule has 1 N–H and O–H groups in total. The van der Waals surface area contributed by atoms with Gasteiger partial charge in [-0.1, -0.05) is 0 Å². The van der Waals surface area contributed by atoms with Crippen molar-refractivity contribution in [2.24, 2.45) is 0 Å². The van der Waals surface area contributed by atoms with Crippen molar-refractivity contribution in [3.8, 4) is 0 Å². The van der Waals surface area contributed by atoms with E-state index in [1.807, 2.05) is 6.92 Å². The molecule has 1 unspecified atom stereocenters. The fourth-order valence-electron chi connectivity index (χ4n) is 0.982. The average molecular weight is 157 g/mol. The van der Waals surface area contributed by atoms with E-state index in [2.05, 4.69) is 10.6 Å². The Morgan fingerprint density at radius 1 is 1.82 bits per heavy atom. The molecule has 1 radical (unpaired) electrons. The predicted octanol–water partition coefficient (Wildman–Crippen LogP) is -0.874. The van der Waals surface area contributed by atoms with Crippen molar-refractivity contribution in [1.82, 2.24) is 10.6 Å². The summed E-state index contributed by atoms with van der Waals surface area (Å²) in [5.74, 6) is -0.139. The van der Waals surface area contributed by atoms with Crippen molar-refractivity contribution in [3.63, 3.8) is 0 Å². The number of ether oxygens (including phenoxy) is 1. The molecule has 11 heavy (non-hydrogen) atoms. The van der Waals surface area contributed by atoms with Gasteiger partial charge in [-0.05, 0) is 6.92 Å². The van der Waals surface area contributed by atoms with Crippen molar-refractivity contribution in [2.75, 3.05) is 26.2 Å². The summed E-state index contributed by atoms with van der Waals surface area (Å²) in [5.41, 5.74) is 0. The lowest BCUT2D eigenvalue weighted by molar-refractivity contribution is -0.134. The van der Waals surface area contributed by atoms with E-state index in [0.29, 0.717) is 19.7 Å². The average Bonchev–Trinajstić information content (AvgIpc) is 2.07. The fourth-order valence-corrected chi connectivity index (χ4v) is 0.982. The first-order chi connectivity index (χ1) is 5.34. The lowest BCUT2D eigenvalue weighted by Gasteiger charge is -2.21. The molecule has 0 aromatic carbocycles. The van der Waals surface area contributed by atoms with Crippen molar-refractivity contribution in [2.45, 2.75) is 13.0 Å². The molecule has 63 valence electrons. The standard InChI is InChI=1S/C7H13N2O2/c1-2-9-7(10)6-5-8-3-4-11-6/h6,8H,2-5H2,1H3. The SMILES string of the molecule is CC[N]C(=O)C1CNCCO1. The van der Waals surface area contributed by atoms with Crippen molar-refractivity contribution < 1.29 is 9.53 Å². The van der Waals surface area contributed by atoms with Gasteiger partial charge in [-0.2, -0.15) is 0 Å². The first kappa shape index (κ1) is 8.49. The molecule has 1 aliphatic heterocycles. The van der Waals surface area contributed by atoms with E-state index in [-0.39, 0.29) is 12.0 Å². The van der Waals surface area contributed by atoms with Crippen LogP contribution in [0.4, 0.5) is 0 Å². The molecule has 1 rings (SSSR count). The van der Waals surface area contributed by atoms with E-state index in [1.54, 1.807) is 0 Å². The van der Waals surface area contributed by atoms with Crippen molar-refractivity contribution >= 4 is 5.91 Å². The van der Waals surface area contributed by atoms with Gasteiger partial charge in [-0.3, -0.25) is 4.79 Å². The highest BCUT2D eigenvalue weighted by Crippen LogP contribution is 1.95. The summed E-state index contributed by atoms with van der Waals surface area (Å²) >= 11 is 0. The molecule has 1 atom stereocenters. The van der Waals surface area contributed by atoms with E-state index in [0.717, 1.165) is 6.54 Å². The van der Waals surface area contributed by atoms with Gasteiger partial charge in [-0.15, -0.1) is 0 Å². The zero-order chi connectivity index (χ0) is 8.10. The molecule has 1 heterocycles. The van der Waals surface area contributed by atoms with Gasteiger partial charge in [0.25, 0.3) is 5.91 Å². The topological polar surface area (TPSA) is 52.4 Å². The molecule has 1 saturated heterocycles. The number of nitrogens with zero attached hydrogens (tertiary/aromatic N) is 1. The molecule has 4 nitrogen and oxygen atoms in total. The molecule has 4 heteroatoms. The number of likely N-dealkylation sites (N-methyl/N-ethyl adjacent to an activating group) is 1. The Balaban J connectivity index is 2.27. The van der Waals surface area contributed by atoms with Gasteiger partial charge in [0, 0.05) is 19.6 Å². The van der Waals surface area contributed by atoms with Gasteiger partial charge in [0.1, 0.15) is 0 Å². The van der Waals surface area contributed by atoms with Crippen LogP contribution in [0.2, 0.25) is 0 Å². The number of nitrogens with one attached hydrogen (secondary N) is 1. The third-order valence-electron chi connectivity index (χ3n) is 1.52. The Morgan fingerprint density at radius 2 is 2.64 bits per heavy atom. The molecule has 0 aromatic heterocycles. The summed E-state index contributed by atoms with van der Waals surface area (Å²) in [6.07, 6.45) is -0.344. The van der Waals surface area contributed by atoms with Crippen LogP contribution in [0.3, 0.4) is 0 Å². The van der Waals surface area contributed by atoms with Gasteiger partial charge in [-0.25, -0.2) is 5.32 Å². The summed E-state index contributed by atoms with van der Waals surface area (Å²) < 4.78 is 5.19. The summed E-state index contributed by atoms with van der Waals surface area (Å²) in [5, 5.41) is 6.81. The normalized spacial score (nSPS) is 24.6. The third-order valence-corrected chi connectivity index (χ3v) is 1.52. The van der Waals surface area contributed by atoms with Gasteiger partial charge < -0.3 is 10.1 Å². The molecular weight excluding hydrogens is 144 g/mol. The van der Waals surface area contributed by atoms with E-state index in [1.165, 1.54) is 0 Å². The Labute approximate surface area is 66.3 Å². The van der Waals surface area contributed by atoms with E-state index in [9.17, 15) is 4.79 Å². The van der Waals surface area contributed by atoms with Crippen LogP contribution in [0.15, 0.2) is 0 Å². The molecule has 1 fully saturated rings. The van der Waals surface area contributed by atoms with E-state index >= 15 is 0 Å². The Morgan fingerprint density at radius 3 is 3.18 bits per heavy atom. The summed E-state index contributed by atoms with van der Waals surface area (Å²) in [6, 6.07) is 0. The van der Waals surface area contributed by atoms with Crippen molar-refractivity contribution in [3.05, 3.63) is 0 Å². The van der Waals surface area contributed by atoms with E-state index in [4.69, 9.17) is 4.74 Å². The van der Waals surface area contributed by atoms with Crippen LogP contribution in [0, 0.1) is 0 Å². The highest BCUT2D eigenvalue weighted by molar-refractivity contribution is 5.80. The Bertz CT molecular complexity index is 132. The van der Waals surface area contributed by atoms with Crippen LogP contribution in [0.25, 0.3) is 0 Å². The molecule has 1 amide bonds. The molecule has 1 aliphatic rings. The monoisotopic (exact) mass is 157 g/mol. The van der Waals surface area contributed by atoms with Gasteiger partial charge in [0.05, 0.1) is 6.61 Å². The first-order valence-electron chi connectivity index (χ1n) is 3.88. The lowest BCUT2D eigenvalue weighted by Crippen LogP contribution is -2.45. The summed E-state index contributed by atoms with van der Waals surface area (Å²) in [7, 11) is 0. The second kappa shape index (κ2) is 4.31. The Kier molecular flexibility index (Phi) is 3.32. The van der Waals surface area contributed by atoms with Gasteiger partial charge in [0.15, 0.2) is 6.10 Å². The third kappa shape index (κ3) is 2.48. The van der Waals surface area contributed by atoms with E-state index < -0.39 is 0 Å². The van der Waals surface area contributed by atoms with Crippen molar-refractivity contribution in [1.29, 1.82) is 0 Å². The molecule has 0 bridgehead atoms. The lowest BCUT2D eigenvalue weighted by atomic mass is 10.3. The summed E-state index contributed by atoms with van der Waals surface area (Å²) in [6.45, 7) is 4.42. The van der Waals surface area contributed by atoms with Crippen LogP contribution in [-0.2, 0) is 9.53 Å². The molecule has 0 spiro atoms. The van der Waals surface area contributed by atoms with Crippen LogP contribution < -0.4 is 10.6 Å². The van der Waals surface area contributed by atoms with Crippen LogP contribution >= 0.6 is 0 Å². The second-order valence-corrected chi connectivity index (χ2v) is 2.38. The number of carbonyl (C=O) groups excluding carboxylic acids is 1. The highest BCUT2D eigenvalue weighted by atomic mass is 16.5. The maximum Gasteiger partial charge on any atom is 0.271 e. The highest BCUT2D eigenvalue weighted by Gasteiger charge is 2.21. The second-order valence-electron chi connectivity index (χ2n) is 2.38. The number of morpholine rings is 1. The fraction of sp³-hybridized carbons (Fsp3) is 0.857.